The summed E-state index contributed by atoms with van der Waals surface area (Å²) >= 11 is 0. The number of hydrogen-bond acceptors (Lipinski definition) is 6. The van der Waals surface area contributed by atoms with Crippen molar-refractivity contribution < 1.29 is 9.90 Å². The number of nitrogens with two attached hydrogens (primary N) is 1. The van der Waals surface area contributed by atoms with E-state index in [1.807, 2.05) is 19.0 Å². The third-order valence-electron chi connectivity index (χ3n) is 5.85. The Morgan fingerprint density at radius 3 is 2.66 bits per heavy atom. The summed E-state index contributed by atoms with van der Waals surface area (Å²) < 4.78 is 0. The Hall–Kier alpha value is -3.78. The summed E-state index contributed by atoms with van der Waals surface area (Å²) in [5, 5.41) is 13.4. The van der Waals surface area contributed by atoms with Crippen molar-refractivity contribution in [3.05, 3.63) is 76.2 Å². The van der Waals surface area contributed by atoms with Crippen molar-refractivity contribution in [3.8, 4) is 5.75 Å². The van der Waals surface area contributed by atoms with E-state index in [2.05, 4.69) is 15.2 Å². The van der Waals surface area contributed by atoms with E-state index in [1.54, 1.807) is 42.5 Å². The molecule has 0 spiro atoms. The van der Waals surface area contributed by atoms with E-state index in [4.69, 9.17) is 5.73 Å². The van der Waals surface area contributed by atoms with Gasteiger partial charge in [0.05, 0.1) is 11.3 Å². The molecule has 32 heavy (non-hydrogen) atoms. The molecule has 0 aliphatic carbocycles. The van der Waals surface area contributed by atoms with Crippen LogP contribution in [-0.2, 0) is 0 Å². The van der Waals surface area contributed by atoms with Gasteiger partial charge in [0.1, 0.15) is 5.75 Å². The van der Waals surface area contributed by atoms with Crippen LogP contribution in [0.1, 0.15) is 22.3 Å². The van der Waals surface area contributed by atoms with Crippen molar-refractivity contribution >= 4 is 28.2 Å². The normalized spacial score (nSPS) is 16.7. The van der Waals surface area contributed by atoms with Crippen molar-refractivity contribution in [1.29, 1.82) is 0 Å². The molecule has 8 nitrogen and oxygen atoms in total. The van der Waals surface area contributed by atoms with Gasteiger partial charge in [-0.05, 0) is 69.0 Å². The van der Waals surface area contributed by atoms with Gasteiger partial charge in [0.25, 0.3) is 11.5 Å². The number of nitrogens with zero attached hydrogens (tertiary/aromatic N) is 2. The van der Waals surface area contributed by atoms with Crippen molar-refractivity contribution in [3.63, 3.8) is 0 Å². The van der Waals surface area contributed by atoms with Crippen LogP contribution in [-0.4, -0.2) is 59.0 Å². The van der Waals surface area contributed by atoms with Crippen molar-refractivity contribution in [1.82, 2.24) is 14.8 Å². The maximum absolute atomic E-state index is 12.7. The molecule has 0 saturated carbocycles. The zero-order chi connectivity index (χ0) is 22.8. The molecule has 4 rings (SSSR count). The molecular formula is C24H27N5O3. The van der Waals surface area contributed by atoms with Crippen LogP contribution >= 0.6 is 0 Å². The predicted molar refractivity (Wildman–Crippen MR) is 126 cm³/mol. The van der Waals surface area contributed by atoms with Crippen molar-refractivity contribution in [2.75, 3.05) is 32.5 Å². The largest absolute Gasteiger partial charge is 0.508 e. The second kappa shape index (κ2) is 8.76. The van der Waals surface area contributed by atoms with Crippen LogP contribution in [0.4, 0.5) is 5.69 Å². The molecule has 1 unspecified atom stereocenters. The number of amides is 1. The first-order chi connectivity index (χ1) is 15.3. The second-order valence-corrected chi connectivity index (χ2v) is 8.26. The Labute approximate surface area is 186 Å². The molecule has 1 aromatic heterocycles. The summed E-state index contributed by atoms with van der Waals surface area (Å²) in [4.78, 5) is 31.9. The molecule has 0 radical (unpaired) electrons. The molecule has 1 atom stereocenters. The molecule has 8 heteroatoms. The number of aromatic hydroxyl groups is 1. The summed E-state index contributed by atoms with van der Waals surface area (Å²) in [5.74, 6) is 0.138. The van der Waals surface area contributed by atoms with Crippen LogP contribution in [0, 0.1) is 0 Å². The fraction of sp³-hybridized carbons (Fsp3) is 0.250. The highest BCUT2D eigenvalue weighted by atomic mass is 16.3. The van der Waals surface area contributed by atoms with Gasteiger partial charge in [-0.15, -0.1) is 0 Å². The molecule has 5 N–H and O–H groups in total. The first kappa shape index (κ1) is 21.5. The fourth-order valence-electron chi connectivity index (χ4n) is 3.89. The summed E-state index contributed by atoms with van der Waals surface area (Å²) in [6.07, 6.45) is 2.52. The summed E-state index contributed by atoms with van der Waals surface area (Å²) in [7, 11) is 4.07. The van der Waals surface area contributed by atoms with E-state index in [1.165, 1.54) is 12.3 Å². The minimum atomic E-state index is -0.318. The van der Waals surface area contributed by atoms with Gasteiger partial charge < -0.3 is 30.9 Å². The lowest BCUT2D eigenvalue weighted by atomic mass is 10.1. The third-order valence-corrected chi connectivity index (χ3v) is 5.85. The van der Waals surface area contributed by atoms with E-state index >= 15 is 0 Å². The van der Waals surface area contributed by atoms with Gasteiger partial charge >= 0.3 is 0 Å². The number of likely N-dealkylation sites (tertiary alicyclic amines) is 1. The van der Waals surface area contributed by atoms with Gasteiger partial charge in [-0.3, -0.25) is 9.59 Å². The minimum absolute atomic E-state index is 0.0295. The predicted octanol–water partition coefficient (Wildman–Crippen LogP) is 2.38. The number of carbonyl (C=O) groups excluding carboxylic acids is 1. The molecule has 1 aliphatic rings. The number of nitrogens with one attached hydrogen (secondary N) is 2. The number of pyridine rings is 1. The highest BCUT2D eigenvalue weighted by Gasteiger charge is 2.27. The lowest BCUT2D eigenvalue weighted by Gasteiger charge is -2.20. The lowest BCUT2D eigenvalue weighted by Crippen LogP contribution is -2.34. The van der Waals surface area contributed by atoms with Crippen LogP contribution in [0.25, 0.3) is 16.6 Å². The van der Waals surface area contributed by atoms with E-state index in [-0.39, 0.29) is 22.9 Å². The van der Waals surface area contributed by atoms with E-state index in [0.717, 1.165) is 25.2 Å². The first-order valence-corrected chi connectivity index (χ1v) is 10.5. The van der Waals surface area contributed by atoms with Gasteiger partial charge in [-0.1, -0.05) is 0 Å². The zero-order valence-electron chi connectivity index (χ0n) is 18.1. The summed E-state index contributed by atoms with van der Waals surface area (Å²) in [5.41, 5.74) is 8.35. The second-order valence-electron chi connectivity index (χ2n) is 8.26. The van der Waals surface area contributed by atoms with Crippen molar-refractivity contribution in [2.24, 2.45) is 5.73 Å². The number of hydrogen-bond donors (Lipinski definition) is 4. The molecule has 3 aromatic rings. The van der Waals surface area contributed by atoms with Crippen LogP contribution in [0.2, 0.25) is 0 Å². The molecule has 2 heterocycles. The van der Waals surface area contributed by atoms with Gasteiger partial charge in [-0.25, -0.2) is 0 Å². The van der Waals surface area contributed by atoms with Gasteiger partial charge in [0.15, 0.2) is 0 Å². The number of phenols is 1. The SMILES string of the molecule is CN(C)C1CCN(C(=O)c2ccc(N/C=C(\N)c3cc4cc(O)ccc4[nH]c3=O)cc2)C1. The van der Waals surface area contributed by atoms with Crippen molar-refractivity contribution in [2.45, 2.75) is 12.5 Å². The topological polar surface area (TPSA) is 115 Å². The van der Waals surface area contributed by atoms with Crippen LogP contribution in [0.15, 0.2) is 59.5 Å². The number of benzene rings is 2. The Morgan fingerprint density at radius 1 is 1.22 bits per heavy atom. The highest BCUT2D eigenvalue weighted by Crippen LogP contribution is 2.20. The number of H-pyrrole nitrogens is 1. The maximum Gasteiger partial charge on any atom is 0.257 e. The van der Waals surface area contributed by atoms with E-state index in [9.17, 15) is 14.7 Å². The average Bonchev–Trinajstić information content (AvgIpc) is 3.28. The molecule has 0 bridgehead atoms. The number of fused-ring (bicyclic) bond motifs is 1. The molecular weight excluding hydrogens is 406 g/mol. The third kappa shape index (κ3) is 4.45. The van der Waals surface area contributed by atoms with Crippen LogP contribution < -0.4 is 16.6 Å². The Kier molecular flexibility index (Phi) is 5.87. The highest BCUT2D eigenvalue weighted by molar-refractivity contribution is 5.94. The fourth-order valence-corrected chi connectivity index (χ4v) is 3.89. The molecule has 1 aliphatic heterocycles. The molecule has 1 fully saturated rings. The quantitative estimate of drug-likeness (QED) is 0.491. The van der Waals surface area contributed by atoms with E-state index < -0.39 is 0 Å². The number of phenolic OH excluding ortho intramolecular Hbond substituents is 1. The zero-order valence-corrected chi connectivity index (χ0v) is 18.1. The minimum Gasteiger partial charge on any atom is -0.508 e. The van der Waals surface area contributed by atoms with Crippen LogP contribution in [0.3, 0.4) is 0 Å². The Balaban J connectivity index is 1.46. The molecule has 1 amide bonds. The average molecular weight is 434 g/mol. The lowest BCUT2D eigenvalue weighted by molar-refractivity contribution is 0.0783. The number of carbonyl (C=O) groups is 1. The Bertz CT molecular complexity index is 1230. The molecule has 166 valence electrons. The number of aromatic amines is 1. The van der Waals surface area contributed by atoms with Gasteiger partial charge in [0.2, 0.25) is 0 Å². The Morgan fingerprint density at radius 2 is 1.97 bits per heavy atom. The molecule has 2 aromatic carbocycles. The number of anilines is 1. The number of likely N-dealkylation sites (N-methyl/N-ethyl adjacent to an activating group) is 1. The summed E-state index contributed by atoms with van der Waals surface area (Å²) in [6.45, 7) is 1.50. The summed E-state index contributed by atoms with van der Waals surface area (Å²) in [6, 6.07) is 13.9. The number of rotatable bonds is 5. The number of aromatic nitrogens is 1. The van der Waals surface area contributed by atoms with E-state index in [0.29, 0.717) is 28.1 Å². The van der Waals surface area contributed by atoms with Gasteiger partial charge in [0, 0.05) is 47.5 Å². The smallest absolute Gasteiger partial charge is 0.257 e. The molecule has 1 saturated heterocycles. The standard InChI is InChI=1S/C24H27N5O3/c1-28(2)18-9-10-29(14-18)24(32)15-3-5-17(6-4-15)26-13-21(25)20-12-16-11-19(30)7-8-22(16)27-23(20)31/h3-8,11-13,18,26,30H,9-10,14,25H2,1-2H3,(H,27,31)/b21-13-. The van der Waals surface area contributed by atoms with Crippen LogP contribution in [0.5, 0.6) is 5.75 Å². The monoisotopic (exact) mass is 433 g/mol. The van der Waals surface area contributed by atoms with Gasteiger partial charge in [-0.2, -0.15) is 0 Å². The maximum atomic E-state index is 12.7. The first-order valence-electron chi connectivity index (χ1n) is 10.5.